The Morgan fingerprint density at radius 3 is 2.58 bits per heavy atom. The third-order valence-corrected chi connectivity index (χ3v) is 5.89. The molecule has 0 aliphatic carbocycles. The second-order valence-corrected chi connectivity index (χ2v) is 9.24. The van der Waals surface area contributed by atoms with Crippen molar-refractivity contribution in [1.82, 2.24) is 24.8 Å². The summed E-state index contributed by atoms with van der Waals surface area (Å²) in [6.45, 7) is 10.4. The summed E-state index contributed by atoms with van der Waals surface area (Å²) >= 11 is 6.35. The largest absolute Gasteiger partial charge is 0.485 e. The van der Waals surface area contributed by atoms with Gasteiger partial charge in [0.2, 0.25) is 0 Å². The first kappa shape index (κ1) is 28.9. The fourth-order valence-corrected chi connectivity index (χ4v) is 3.86. The lowest BCUT2D eigenvalue weighted by Crippen LogP contribution is -2.28. The van der Waals surface area contributed by atoms with Crippen LogP contribution in [0.2, 0.25) is 5.02 Å². The van der Waals surface area contributed by atoms with Crippen LogP contribution in [0.15, 0.2) is 53.2 Å². The molecule has 1 unspecified atom stereocenters. The number of pyridine rings is 2. The van der Waals surface area contributed by atoms with Crippen LogP contribution in [-0.2, 0) is 12.2 Å². The molecule has 0 fully saturated rings. The molecule has 0 aromatic carbocycles. The van der Waals surface area contributed by atoms with Crippen LogP contribution in [0, 0.1) is 18.6 Å². The lowest BCUT2D eigenvalue weighted by atomic mass is 10.0. The van der Waals surface area contributed by atoms with E-state index < -0.39 is 28.8 Å². The zero-order valence-corrected chi connectivity index (χ0v) is 22.8. The predicted octanol–water partition coefficient (Wildman–Crippen LogP) is 5.20. The fourth-order valence-electron chi connectivity index (χ4n) is 3.67. The molecule has 8 nitrogen and oxygen atoms in total. The third kappa shape index (κ3) is 6.25. The molecular formula is C27H30ClF2N5O3. The number of halogens is 3. The van der Waals surface area contributed by atoms with E-state index in [0.717, 1.165) is 11.8 Å². The summed E-state index contributed by atoms with van der Waals surface area (Å²) in [7, 11) is 0. The van der Waals surface area contributed by atoms with Gasteiger partial charge in [0.15, 0.2) is 11.6 Å². The Bertz CT molecular complexity index is 1450. The molecule has 1 aliphatic rings. The van der Waals surface area contributed by atoms with Gasteiger partial charge in [-0.2, -0.15) is 0 Å². The molecule has 11 heteroatoms. The number of ether oxygens (including phenoxy) is 1. The highest BCUT2D eigenvalue weighted by atomic mass is 35.5. The van der Waals surface area contributed by atoms with Crippen molar-refractivity contribution in [1.29, 1.82) is 0 Å². The average Bonchev–Trinajstić information content (AvgIpc) is 2.88. The standard InChI is InChI=1S/C25H24ClF2N5O3.C2H6/c1-13-10-30-18(17-5-6-29-24(32-17)25(3,4)35)9-20(13)33-14(2)7-21(22(26)23(33)34)36-12-19-16(28)8-15(27)11-31-19;1-2/h5-11,18,30,35H,12H2,1-4H3;1-2H3. The molecule has 4 heterocycles. The third-order valence-electron chi connectivity index (χ3n) is 5.54. The molecule has 38 heavy (non-hydrogen) atoms. The normalized spacial score (nSPS) is 15.1. The second-order valence-electron chi connectivity index (χ2n) is 8.86. The highest BCUT2D eigenvalue weighted by Crippen LogP contribution is 2.30. The number of aromatic nitrogens is 4. The van der Waals surface area contributed by atoms with Crippen LogP contribution in [-0.4, -0.2) is 24.6 Å². The highest BCUT2D eigenvalue weighted by Gasteiger charge is 2.24. The first-order valence-corrected chi connectivity index (χ1v) is 12.4. The van der Waals surface area contributed by atoms with E-state index in [1.807, 2.05) is 26.8 Å². The summed E-state index contributed by atoms with van der Waals surface area (Å²) in [5.41, 5.74) is 0.623. The minimum absolute atomic E-state index is 0.0549. The van der Waals surface area contributed by atoms with Gasteiger partial charge in [0.1, 0.15) is 34.5 Å². The highest BCUT2D eigenvalue weighted by molar-refractivity contribution is 6.31. The van der Waals surface area contributed by atoms with Gasteiger partial charge in [-0.1, -0.05) is 25.4 Å². The van der Waals surface area contributed by atoms with Gasteiger partial charge in [-0.05, 0) is 45.4 Å². The summed E-state index contributed by atoms with van der Waals surface area (Å²) in [5.74, 6) is -1.34. The quantitative estimate of drug-likeness (QED) is 0.439. The van der Waals surface area contributed by atoms with Gasteiger partial charge >= 0.3 is 0 Å². The van der Waals surface area contributed by atoms with E-state index in [4.69, 9.17) is 16.3 Å². The van der Waals surface area contributed by atoms with E-state index >= 15 is 0 Å². The lowest BCUT2D eigenvalue weighted by molar-refractivity contribution is 0.0683. The van der Waals surface area contributed by atoms with Crippen molar-refractivity contribution < 1.29 is 18.6 Å². The smallest absolute Gasteiger partial charge is 0.277 e. The van der Waals surface area contributed by atoms with Gasteiger partial charge in [0.25, 0.3) is 5.56 Å². The monoisotopic (exact) mass is 545 g/mol. The van der Waals surface area contributed by atoms with Crippen molar-refractivity contribution in [3.8, 4) is 5.75 Å². The second kappa shape index (κ2) is 11.8. The maximum atomic E-state index is 13.9. The maximum absolute atomic E-state index is 13.9. The van der Waals surface area contributed by atoms with E-state index in [1.165, 1.54) is 4.57 Å². The zero-order chi connectivity index (χ0) is 28.2. The Labute approximate surface area is 224 Å². The van der Waals surface area contributed by atoms with E-state index in [9.17, 15) is 18.7 Å². The SMILES string of the molecule is CC.CC1=CNC(c2ccnc(C(C)(C)O)n2)C=C1n1c(C)cc(OCc2ncc(F)cc2F)c(Cl)c1=O. The fraction of sp³-hybridized carbons (Fsp3) is 0.333. The molecule has 0 saturated heterocycles. The summed E-state index contributed by atoms with van der Waals surface area (Å²) in [5, 5.41) is 13.3. The molecule has 3 aromatic rings. The number of hydrogen-bond acceptors (Lipinski definition) is 7. The number of rotatable bonds is 6. The van der Waals surface area contributed by atoms with Gasteiger partial charge < -0.3 is 15.2 Å². The molecule has 4 rings (SSSR count). The number of nitrogens with one attached hydrogen (secondary N) is 1. The van der Waals surface area contributed by atoms with Crippen LogP contribution in [0.5, 0.6) is 5.75 Å². The van der Waals surface area contributed by atoms with Crippen LogP contribution < -0.4 is 15.6 Å². The maximum Gasteiger partial charge on any atom is 0.277 e. The van der Waals surface area contributed by atoms with Gasteiger partial charge in [-0.3, -0.25) is 14.3 Å². The van der Waals surface area contributed by atoms with Gasteiger partial charge in [-0.25, -0.2) is 18.7 Å². The van der Waals surface area contributed by atoms with Crippen LogP contribution in [0.25, 0.3) is 5.70 Å². The number of dihydropyridines is 1. The molecule has 202 valence electrons. The topological polar surface area (TPSA) is 102 Å². The van der Waals surface area contributed by atoms with Crippen LogP contribution >= 0.6 is 11.6 Å². The molecule has 1 atom stereocenters. The van der Waals surface area contributed by atoms with Crippen molar-refractivity contribution in [3.05, 3.63) is 98.4 Å². The first-order valence-electron chi connectivity index (χ1n) is 12.0. The van der Waals surface area contributed by atoms with Crippen molar-refractivity contribution in [3.63, 3.8) is 0 Å². The summed E-state index contributed by atoms with van der Waals surface area (Å²) in [6.07, 6.45) is 6.03. The lowest BCUT2D eigenvalue weighted by Gasteiger charge is -2.25. The molecule has 2 N–H and O–H groups in total. The predicted molar refractivity (Wildman–Crippen MR) is 141 cm³/mol. The van der Waals surface area contributed by atoms with E-state index in [2.05, 4.69) is 20.3 Å². The number of aliphatic hydroxyl groups is 1. The van der Waals surface area contributed by atoms with E-state index in [1.54, 1.807) is 45.3 Å². The Hall–Kier alpha value is -3.63. The first-order chi connectivity index (χ1) is 18.0. The van der Waals surface area contributed by atoms with E-state index in [-0.39, 0.29) is 28.9 Å². The molecule has 0 bridgehead atoms. The Morgan fingerprint density at radius 2 is 1.92 bits per heavy atom. The molecule has 0 radical (unpaired) electrons. The van der Waals surface area contributed by atoms with Crippen LogP contribution in [0.3, 0.4) is 0 Å². The summed E-state index contributed by atoms with van der Waals surface area (Å²) in [4.78, 5) is 25.6. The van der Waals surface area contributed by atoms with Crippen molar-refractivity contribution in [2.24, 2.45) is 0 Å². The molecular weight excluding hydrogens is 516 g/mol. The van der Waals surface area contributed by atoms with Gasteiger partial charge in [0, 0.05) is 30.2 Å². The number of allylic oxidation sites excluding steroid dienone is 2. The number of aryl methyl sites for hydroxylation is 1. The zero-order valence-electron chi connectivity index (χ0n) is 22.0. The average molecular weight is 546 g/mol. The summed E-state index contributed by atoms with van der Waals surface area (Å²) in [6, 6.07) is 3.58. The van der Waals surface area contributed by atoms with Crippen molar-refractivity contribution in [2.75, 3.05) is 0 Å². The van der Waals surface area contributed by atoms with Crippen LogP contribution in [0.1, 0.15) is 63.6 Å². The molecule has 0 amide bonds. The van der Waals surface area contributed by atoms with E-state index in [0.29, 0.717) is 23.2 Å². The number of hydrogen-bond donors (Lipinski definition) is 2. The Kier molecular flexibility index (Phi) is 9.01. The Morgan fingerprint density at radius 1 is 1.21 bits per heavy atom. The summed E-state index contributed by atoms with van der Waals surface area (Å²) < 4.78 is 34.0. The minimum Gasteiger partial charge on any atom is -0.485 e. The molecule has 0 spiro atoms. The molecule has 0 saturated carbocycles. The molecule has 1 aliphatic heterocycles. The number of nitrogens with zero attached hydrogens (tertiary/aromatic N) is 4. The Balaban J connectivity index is 0.00000195. The van der Waals surface area contributed by atoms with Crippen molar-refractivity contribution >= 4 is 17.3 Å². The van der Waals surface area contributed by atoms with Crippen molar-refractivity contribution in [2.45, 2.75) is 59.8 Å². The van der Waals surface area contributed by atoms with Gasteiger partial charge in [0.05, 0.1) is 23.6 Å². The minimum atomic E-state index is -1.22. The van der Waals surface area contributed by atoms with Crippen LogP contribution in [0.4, 0.5) is 8.78 Å². The molecule has 3 aromatic heterocycles. The van der Waals surface area contributed by atoms with Gasteiger partial charge in [-0.15, -0.1) is 0 Å².